The molecule has 2 saturated carbocycles. The Kier molecular flexibility index (Phi) is 6.07. The van der Waals surface area contributed by atoms with Crippen molar-refractivity contribution in [2.45, 2.75) is 70.8 Å². The molecule has 0 aromatic carbocycles. The number of aliphatic carboxylic acids is 1. The minimum atomic E-state index is -1.08. The quantitative estimate of drug-likeness (QED) is 0.656. The molecule has 1 N–H and O–H groups in total. The molecule has 4 aliphatic rings. The number of hydrogen-bond acceptors (Lipinski definition) is 4. The molecule has 4 nitrogen and oxygen atoms in total. The molecular formula is C22H29KO4. The molecule has 4 aliphatic carbocycles. The molecule has 0 aliphatic heterocycles. The largest absolute Gasteiger partial charge is 1.00 e. The van der Waals surface area contributed by atoms with Gasteiger partial charge in [-0.3, -0.25) is 4.79 Å². The number of carboxylic acid groups (broad SMARTS) is 1. The van der Waals surface area contributed by atoms with E-state index in [0.29, 0.717) is 37.0 Å². The zero-order valence-corrected chi connectivity index (χ0v) is 19.9. The first-order chi connectivity index (χ1) is 12.2. The number of carbonyl (C=O) groups is 2. The van der Waals surface area contributed by atoms with Crippen molar-refractivity contribution in [3.63, 3.8) is 0 Å². The van der Waals surface area contributed by atoms with Crippen LogP contribution in [0.3, 0.4) is 0 Å². The Labute approximate surface area is 204 Å². The Morgan fingerprint density at radius 2 is 1.93 bits per heavy atom. The van der Waals surface area contributed by atoms with E-state index < -0.39 is 11.6 Å². The minimum absolute atomic E-state index is 0. The van der Waals surface area contributed by atoms with E-state index in [1.54, 1.807) is 0 Å². The van der Waals surface area contributed by atoms with Gasteiger partial charge in [0.15, 0.2) is 5.78 Å². The number of aliphatic hydroxyl groups is 1. The number of ketones is 1. The second-order valence-corrected chi connectivity index (χ2v) is 9.53. The van der Waals surface area contributed by atoms with Crippen LogP contribution in [-0.4, -0.2) is 22.5 Å². The van der Waals surface area contributed by atoms with Crippen molar-refractivity contribution < 1.29 is 71.2 Å². The van der Waals surface area contributed by atoms with Gasteiger partial charge in [0.1, 0.15) is 0 Å². The third-order valence-electron chi connectivity index (χ3n) is 8.58. The Morgan fingerprint density at radius 3 is 2.63 bits per heavy atom. The molecule has 2 fully saturated rings. The van der Waals surface area contributed by atoms with E-state index in [9.17, 15) is 19.8 Å². The summed E-state index contributed by atoms with van der Waals surface area (Å²) in [6.07, 6.45) is 11.6. The van der Waals surface area contributed by atoms with Gasteiger partial charge in [-0.15, -0.1) is 0 Å². The van der Waals surface area contributed by atoms with Gasteiger partial charge in [-0.2, -0.15) is 0 Å². The first-order valence-corrected chi connectivity index (χ1v) is 10.1. The summed E-state index contributed by atoms with van der Waals surface area (Å²) in [5.74, 6) is 0.444. The van der Waals surface area contributed by atoms with Gasteiger partial charge in [0.25, 0.3) is 0 Å². The molecule has 4 rings (SSSR count). The number of rotatable bonds is 3. The molecule has 0 amide bonds. The fourth-order valence-electron chi connectivity index (χ4n) is 6.83. The topological polar surface area (TPSA) is 77.4 Å². The monoisotopic (exact) mass is 396 g/mol. The molecule has 0 spiro atoms. The summed E-state index contributed by atoms with van der Waals surface area (Å²) in [7, 11) is 0. The van der Waals surface area contributed by atoms with Crippen LogP contribution in [-0.2, 0) is 9.59 Å². The smallest absolute Gasteiger partial charge is 0.550 e. The van der Waals surface area contributed by atoms with Crippen LogP contribution >= 0.6 is 0 Å². The van der Waals surface area contributed by atoms with E-state index >= 15 is 0 Å². The summed E-state index contributed by atoms with van der Waals surface area (Å²) in [4.78, 5) is 22.8. The van der Waals surface area contributed by atoms with Crippen LogP contribution in [0.15, 0.2) is 23.8 Å². The maximum atomic E-state index is 11.9. The molecule has 0 aromatic rings. The first-order valence-electron chi connectivity index (χ1n) is 10.1. The SMILES string of the molecule is C[C@]12CCC(=O)C=C1C=CC1C2CC[C@@]2(C)C1CC[C@]2(O)CCC(=O)[O-].[K+]. The van der Waals surface area contributed by atoms with Gasteiger partial charge >= 0.3 is 51.4 Å². The molecule has 3 unspecified atom stereocenters. The maximum absolute atomic E-state index is 11.9. The Morgan fingerprint density at radius 1 is 1.22 bits per heavy atom. The number of fused-ring (bicyclic) bond motifs is 5. The first kappa shape index (κ1) is 21.9. The molecule has 0 heterocycles. The molecule has 5 heteroatoms. The third-order valence-corrected chi connectivity index (χ3v) is 8.58. The summed E-state index contributed by atoms with van der Waals surface area (Å²) >= 11 is 0. The average molecular weight is 397 g/mol. The van der Waals surface area contributed by atoms with E-state index in [0.717, 1.165) is 25.7 Å². The molecular weight excluding hydrogens is 367 g/mol. The fraction of sp³-hybridized carbons (Fsp3) is 0.727. The molecule has 0 bridgehead atoms. The predicted octanol–water partition coefficient (Wildman–Crippen LogP) is -0.440. The van der Waals surface area contributed by atoms with Crippen LogP contribution in [0.1, 0.15) is 65.2 Å². The summed E-state index contributed by atoms with van der Waals surface area (Å²) in [6.45, 7) is 4.48. The molecule has 6 atom stereocenters. The summed E-state index contributed by atoms with van der Waals surface area (Å²) < 4.78 is 0. The van der Waals surface area contributed by atoms with Crippen molar-refractivity contribution in [1.82, 2.24) is 0 Å². The van der Waals surface area contributed by atoms with Crippen molar-refractivity contribution in [2.75, 3.05) is 0 Å². The van der Waals surface area contributed by atoms with Crippen LogP contribution in [0.4, 0.5) is 0 Å². The molecule has 0 radical (unpaired) electrons. The normalized spacial score (nSPS) is 45.2. The van der Waals surface area contributed by atoms with E-state index in [1.165, 1.54) is 5.57 Å². The van der Waals surface area contributed by atoms with Crippen LogP contribution in [0.2, 0.25) is 0 Å². The van der Waals surface area contributed by atoms with E-state index in [4.69, 9.17) is 0 Å². The Bertz CT molecular complexity index is 713. The van der Waals surface area contributed by atoms with Gasteiger partial charge in [-0.25, -0.2) is 0 Å². The summed E-state index contributed by atoms with van der Waals surface area (Å²) in [5.41, 5.74) is 0.0933. The predicted molar refractivity (Wildman–Crippen MR) is 95.8 cm³/mol. The number of allylic oxidation sites excluding steroid dienone is 4. The van der Waals surface area contributed by atoms with Crippen LogP contribution in [0, 0.1) is 28.6 Å². The van der Waals surface area contributed by atoms with Gasteiger partial charge in [0, 0.05) is 12.4 Å². The van der Waals surface area contributed by atoms with Crippen LogP contribution in [0.5, 0.6) is 0 Å². The number of carbonyl (C=O) groups excluding carboxylic acids is 2. The zero-order chi connectivity index (χ0) is 18.7. The van der Waals surface area contributed by atoms with Crippen LogP contribution < -0.4 is 56.5 Å². The standard InChI is InChI=1S/C22H30O4.K/c1-20-9-5-15(23)13-14(20)3-4-16-17(20)6-10-21(2)18(16)7-11-22(21,26)12-8-19(24)25;/h3-4,13,16-18,26H,5-12H2,1-2H3,(H,24,25);/q;+1/p-1/t16?,17?,18?,20-,21-,22-;/m0./s1. The van der Waals surface area contributed by atoms with Gasteiger partial charge in [-0.05, 0) is 85.2 Å². The Hall–Kier alpha value is 0.216. The van der Waals surface area contributed by atoms with E-state index in [1.807, 2.05) is 6.08 Å². The zero-order valence-electron chi connectivity index (χ0n) is 16.8. The molecule has 27 heavy (non-hydrogen) atoms. The second kappa shape index (κ2) is 7.48. The average Bonchev–Trinajstić information content (AvgIpc) is 2.86. The van der Waals surface area contributed by atoms with Gasteiger partial charge in [-0.1, -0.05) is 26.0 Å². The molecule has 0 saturated heterocycles. The third kappa shape index (κ3) is 3.30. The maximum Gasteiger partial charge on any atom is 1.00 e. The van der Waals surface area contributed by atoms with Crippen molar-refractivity contribution in [3.05, 3.63) is 23.8 Å². The molecule has 0 aromatic heterocycles. The van der Waals surface area contributed by atoms with Crippen LogP contribution in [0.25, 0.3) is 0 Å². The van der Waals surface area contributed by atoms with Gasteiger partial charge < -0.3 is 15.0 Å². The van der Waals surface area contributed by atoms with Gasteiger partial charge in [0.2, 0.25) is 0 Å². The Balaban J connectivity index is 0.00000210. The summed E-state index contributed by atoms with van der Waals surface area (Å²) in [5, 5.41) is 22.3. The van der Waals surface area contributed by atoms with Crippen molar-refractivity contribution >= 4 is 11.8 Å². The number of hydrogen-bond donors (Lipinski definition) is 1. The van der Waals surface area contributed by atoms with Crippen molar-refractivity contribution in [2.24, 2.45) is 28.6 Å². The van der Waals surface area contributed by atoms with Crippen molar-refractivity contribution in [3.8, 4) is 0 Å². The molecule has 142 valence electrons. The van der Waals surface area contributed by atoms with E-state index in [-0.39, 0.29) is 74.4 Å². The fourth-order valence-corrected chi connectivity index (χ4v) is 6.83. The summed E-state index contributed by atoms with van der Waals surface area (Å²) in [6, 6.07) is 0. The van der Waals surface area contributed by atoms with Gasteiger partial charge in [0.05, 0.1) is 5.60 Å². The minimum Gasteiger partial charge on any atom is -0.550 e. The second-order valence-electron chi connectivity index (χ2n) is 9.53. The van der Waals surface area contributed by atoms with Crippen molar-refractivity contribution in [1.29, 1.82) is 0 Å². The number of carboxylic acids is 1. The van der Waals surface area contributed by atoms with E-state index in [2.05, 4.69) is 26.0 Å².